The van der Waals surface area contributed by atoms with Crippen LogP contribution in [0.2, 0.25) is 5.02 Å². The summed E-state index contributed by atoms with van der Waals surface area (Å²) in [4.78, 5) is 0. The van der Waals surface area contributed by atoms with Crippen molar-refractivity contribution in [1.29, 1.82) is 0 Å². The maximum absolute atomic E-state index is 13.8. The highest BCUT2D eigenvalue weighted by Crippen LogP contribution is 2.64. The molecule has 0 fully saturated rings. The van der Waals surface area contributed by atoms with Gasteiger partial charge in [-0.3, -0.25) is 0 Å². The molecule has 0 aromatic heterocycles. The molecule has 39 heavy (non-hydrogen) atoms. The van der Waals surface area contributed by atoms with Crippen LogP contribution in [0.5, 0.6) is 5.75 Å². The van der Waals surface area contributed by atoms with Crippen molar-refractivity contribution in [1.82, 2.24) is 0 Å². The normalized spacial score (nSPS) is 15.8. The lowest BCUT2D eigenvalue weighted by Crippen LogP contribution is -2.74. The van der Waals surface area contributed by atoms with Crippen molar-refractivity contribution in [2.75, 3.05) is 11.5 Å². The van der Waals surface area contributed by atoms with Crippen LogP contribution < -0.4 is 16.2 Å². The van der Waals surface area contributed by atoms with Gasteiger partial charge in [0.25, 0.3) is 0 Å². The van der Waals surface area contributed by atoms with Gasteiger partial charge in [0, 0.05) is 6.07 Å². The molecule has 0 unspecified atom stereocenters. The van der Waals surface area contributed by atoms with Crippen LogP contribution in [0.4, 0.5) is 94.8 Å². The molecule has 4 N–H and O–H groups in total. The summed E-state index contributed by atoms with van der Waals surface area (Å²) in [7, 11) is 0. The maximum atomic E-state index is 13.8. The van der Waals surface area contributed by atoms with E-state index >= 15 is 0 Å². The molecule has 1 aromatic rings. The zero-order valence-electron chi connectivity index (χ0n) is 17.3. The summed E-state index contributed by atoms with van der Waals surface area (Å²) in [6.07, 6.45) is -7.93. The molecule has 0 bridgehead atoms. The fourth-order valence-electron chi connectivity index (χ4n) is 2.24. The molecule has 0 amide bonds. The van der Waals surface area contributed by atoms with Gasteiger partial charge in [0.15, 0.2) is 5.75 Å². The standard InChI is InChI=1S/C16H6ClF19N2O/c17-3-1-5(38)6(2-4(3)37)39-8(19)7(18)9(20,21)10(22,23)11(24,25)12(26,27)13(28,29)14(30,31)15(32,33)16(34,35)36/h1-2H,37-38H2. The van der Waals surface area contributed by atoms with Crippen molar-refractivity contribution in [3.8, 4) is 5.75 Å². The third kappa shape index (κ3) is 4.81. The van der Waals surface area contributed by atoms with Gasteiger partial charge < -0.3 is 16.2 Å². The van der Waals surface area contributed by atoms with Crippen LogP contribution in [0, 0.1) is 0 Å². The highest BCUT2D eigenvalue weighted by molar-refractivity contribution is 6.33. The van der Waals surface area contributed by atoms with Gasteiger partial charge in [0.2, 0.25) is 5.83 Å². The molecule has 23 heteroatoms. The van der Waals surface area contributed by atoms with E-state index in [1.165, 1.54) is 0 Å². The van der Waals surface area contributed by atoms with Gasteiger partial charge in [0.1, 0.15) is 0 Å². The summed E-state index contributed by atoms with van der Waals surface area (Å²) < 4.78 is 255. The number of rotatable bonds is 9. The average molecular weight is 639 g/mol. The molecule has 1 aromatic carbocycles. The number of ether oxygens (including phenoxy) is 1. The van der Waals surface area contributed by atoms with E-state index < -0.39 is 81.6 Å². The van der Waals surface area contributed by atoms with Gasteiger partial charge in [-0.25, -0.2) is 0 Å². The first-order chi connectivity index (χ1) is 16.9. The van der Waals surface area contributed by atoms with Crippen molar-refractivity contribution in [2.45, 2.75) is 47.6 Å². The Balaban J connectivity index is 3.70. The average Bonchev–Trinajstić information content (AvgIpc) is 2.75. The predicted octanol–water partition coefficient (Wildman–Crippen LogP) is 8.00. The minimum Gasteiger partial charge on any atom is -0.427 e. The van der Waals surface area contributed by atoms with Crippen LogP contribution in [0.1, 0.15) is 0 Å². The Bertz CT molecular complexity index is 1130. The first-order valence-electron chi connectivity index (χ1n) is 8.67. The van der Waals surface area contributed by atoms with E-state index in [0.717, 1.165) is 0 Å². The summed E-state index contributed by atoms with van der Waals surface area (Å²) in [5, 5.41) is -0.489. The fourth-order valence-corrected chi connectivity index (χ4v) is 2.41. The topological polar surface area (TPSA) is 61.3 Å². The van der Waals surface area contributed by atoms with Gasteiger partial charge in [0.05, 0.1) is 16.4 Å². The summed E-state index contributed by atoms with van der Waals surface area (Å²) in [6, 6.07) is -2.97. The molecular formula is C16H6ClF19N2O. The van der Waals surface area contributed by atoms with Crippen LogP contribution in [-0.4, -0.2) is 47.6 Å². The summed E-state index contributed by atoms with van der Waals surface area (Å²) in [5.41, 5.74) is 8.56. The Morgan fingerprint density at radius 1 is 0.564 bits per heavy atom. The van der Waals surface area contributed by atoms with Gasteiger partial charge >= 0.3 is 53.6 Å². The van der Waals surface area contributed by atoms with Crippen LogP contribution in [0.15, 0.2) is 24.0 Å². The number of anilines is 2. The Hall–Kier alpha value is -2.68. The molecule has 226 valence electrons. The Morgan fingerprint density at radius 2 is 0.923 bits per heavy atom. The van der Waals surface area contributed by atoms with Crippen LogP contribution in [-0.2, 0) is 0 Å². The lowest BCUT2D eigenvalue weighted by molar-refractivity contribution is -0.460. The third-order valence-corrected chi connectivity index (χ3v) is 4.83. The molecule has 0 aliphatic carbocycles. The van der Waals surface area contributed by atoms with E-state index in [4.69, 9.17) is 23.1 Å². The number of hydrogen-bond donors (Lipinski definition) is 2. The second-order valence-electron chi connectivity index (χ2n) is 7.12. The van der Waals surface area contributed by atoms with Crippen molar-refractivity contribution in [2.24, 2.45) is 0 Å². The lowest BCUT2D eigenvalue weighted by Gasteiger charge is -2.42. The molecule has 0 saturated carbocycles. The Morgan fingerprint density at radius 3 is 1.31 bits per heavy atom. The van der Waals surface area contributed by atoms with Gasteiger partial charge in [-0.15, -0.1) is 0 Å². The lowest BCUT2D eigenvalue weighted by atomic mass is 9.88. The quantitative estimate of drug-likeness (QED) is 0.164. The first kappa shape index (κ1) is 34.3. The SMILES string of the molecule is Nc1cc(OC(F)=C(F)C(F)(F)C(F)(F)C(F)(F)C(F)(F)C(F)(F)C(F)(F)C(F)(F)C(F)(F)F)c(N)cc1Cl. The second kappa shape index (κ2) is 9.46. The van der Waals surface area contributed by atoms with Crippen LogP contribution >= 0.6 is 11.6 Å². The van der Waals surface area contributed by atoms with E-state index in [-0.39, 0.29) is 6.07 Å². The predicted molar refractivity (Wildman–Crippen MR) is 90.8 cm³/mol. The summed E-state index contributed by atoms with van der Waals surface area (Å²) in [6.45, 7) is 0. The molecular weight excluding hydrogens is 633 g/mol. The molecule has 0 aliphatic rings. The smallest absolute Gasteiger partial charge is 0.427 e. The van der Waals surface area contributed by atoms with Crippen molar-refractivity contribution >= 4 is 23.0 Å². The van der Waals surface area contributed by atoms with Crippen molar-refractivity contribution < 1.29 is 88.2 Å². The molecule has 0 heterocycles. The third-order valence-electron chi connectivity index (χ3n) is 4.50. The van der Waals surface area contributed by atoms with Gasteiger partial charge in [-0.05, 0) is 6.07 Å². The van der Waals surface area contributed by atoms with Crippen molar-refractivity contribution in [3.05, 3.63) is 29.0 Å². The molecule has 0 aliphatic heterocycles. The summed E-state index contributed by atoms with van der Waals surface area (Å²) >= 11 is 5.39. The number of hydrogen-bond acceptors (Lipinski definition) is 3. The monoisotopic (exact) mass is 638 g/mol. The van der Waals surface area contributed by atoms with Crippen LogP contribution in [0.25, 0.3) is 0 Å². The summed E-state index contributed by atoms with van der Waals surface area (Å²) in [5.74, 6) is -66.1. The molecule has 0 spiro atoms. The number of alkyl halides is 17. The molecule has 3 nitrogen and oxygen atoms in total. The highest BCUT2D eigenvalue weighted by Gasteiger charge is 2.95. The molecule has 0 atom stereocenters. The zero-order valence-corrected chi connectivity index (χ0v) is 18.0. The number of benzene rings is 1. The van der Waals surface area contributed by atoms with E-state index in [0.29, 0.717) is 6.07 Å². The number of halogens is 20. The van der Waals surface area contributed by atoms with E-state index in [1.807, 2.05) is 0 Å². The maximum Gasteiger partial charge on any atom is 0.460 e. The first-order valence-corrected chi connectivity index (χ1v) is 9.05. The van der Waals surface area contributed by atoms with E-state index in [1.54, 1.807) is 0 Å². The second-order valence-corrected chi connectivity index (χ2v) is 7.53. The number of nitrogen functional groups attached to an aromatic ring is 2. The number of nitrogens with two attached hydrogens (primary N) is 2. The molecule has 0 saturated heterocycles. The Kier molecular flexibility index (Phi) is 8.33. The Labute approximate surface area is 206 Å². The molecule has 1 rings (SSSR count). The van der Waals surface area contributed by atoms with Crippen LogP contribution in [0.3, 0.4) is 0 Å². The zero-order chi connectivity index (χ0) is 31.6. The van der Waals surface area contributed by atoms with Gasteiger partial charge in [-0.1, -0.05) is 11.6 Å². The number of allylic oxidation sites excluding steroid dienone is 1. The van der Waals surface area contributed by atoms with E-state index in [2.05, 4.69) is 4.74 Å². The van der Waals surface area contributed by atoms with Crippen molar-refractivity contribution in [3.63, 3.8) is 0 Å². The minimum absolute atomic E-state index is 0.257. The largest absolute Gasteiger partial charge is 0.460 e. The fraction of sp³-hybridized carbons (Fsp3) is 0.500. The minimum atomic E-state index is -8.96. The highest BCUT2D eigenvalue weighted by atomic mass is 35.5. The molecule has 0 radical (unpaired) electrons. The van der Waals surface area contributed by atoms with Gasteiger partial charge in [-0.2, -0.15) is 83.4 Å². The van der Waals surface area contributed by atoms with E-state index in [9.17, 15) is 83.4 Å².